The van der Waals surface area contributed by atoms with Crippen molar-refractivity contribution in [2.24, 2.45) is 0 Å². The molecule has 0 aliphatic rings. The number of aromatic carboxylic acids is 1. The van der Waals surface area contributed by atoms with Gasteiger partial charge in [0.25, 0.3) is 0 Å². The number of carboxylic acid groups (broad SMARTS) is 1. The fourth-order valence-electron chi connectivity index (χ4n) is 1.75. The molecule has 0 saturated carbocycles. The fraction of sp³-hybridized carbons (Fsp3) is 0.133. The average Bonchev–Trinajstić information content (AvgIpc) is 2.41. The molecular formula is C15H14Cl2NO2-. The van der Waals surface area contributed by atoms with Crippen molar-refractivity contribution in [3.63, 3.8) is 0 Å². The first-order chi connectivity index (χ1) is 9.16. The number of halogens is 2. The summed E-state index contributed by atoms with van der Waals surface area (Å²) in [5, 5.41) is 12.8. The zero-order chi connectivity index (χ0) is 13.7. The van der Waals surface area contributed by atoms with Gasteiger partial charge in [-0.3, -0.25) is 0 Å². The lowest BCUT2D eigenvalue weighted by molar-refractivity contribution is -0.0000193. The minimum absolute atomic E-state index is 0. The third-order valence-electron chi connectivity index (χ3n) is 2.80. The van der Waals surface area contributed by atoms with E-state index in [9.17, 15) is 4.79 Å². The van der Waals surface area contributed by atoms with Crippen LogP contribution < -0.4 is 17.7 Å². The minimum atomic E-state index is -0.907. The third-order valence-corrected chi connectivity index (χ3v) is 3.17. The van der Waals surface area contributed by atoms with Crippen LogP contribution in [0.1, 0.15) is 21.5 Å². The van der Waals surface area contributed by atoms with Gasteiger partial charge in [0, 0.05) is 18.1 Å². The Kier molecular flexibility index (Phi) is 6.52. The number of benzene rings is 2. The van der Waals surface area contributed by atoms with E-state index in [-0.39, 0.29) is 12.4 Å². The molecule has 3 nitrogen and oxygen atoms in total. The zero-order valence-corrected chi connectivity index (χ0v) is 12.2. The maximum Gasteiger partial charge on any atom is 0.335 e. The minimum Gasteiger partial charge on any atom is -1.00 e. The average molecular weight is 311 g/mol. The summed E-state index contributed by atoms with van der Waals surface area (Å²) in [6.07, 6.45) is 0. The summed E-state index contributed by atoms with van der Waals surface area (Å²) in [5.74, 6) is -0.907. The van der Waals surface area contributed by atoms with E-state index in [1.807, 2.05) is 36.4 Å². The molecule has 0 radical (unpaired) electrons. The van der Waals surface area contributed by atoms with Crippen LogP contribution in [0.2, 0.25) is 5.02 Å². The molecule has 2 aromatic carbocycles. The Morgan fingerprint density at radius 2 is 1.70 bits per heavy atom. The summed E-state index contributed by atoms with van der Waals surface area (Å²) in [6.45, 7) is 1.35. The summed E-state index contributed by atoms with van der Waals surface area (Å²) in [5.41, 5.74) is 2.39. The van der Waals surface area contributed by atoms with Crippen molar-refractivity contribution < 1.29 is 22.3 Å². The summed E-state index contributed by atoms with van der Waals surface area (Å²) >= 11 is 6.06. The first-order valence-corrected chi connectivity index (χ1v) is 6.31. The lowest BCUT2D eigenvalue weighted by atomic mass is 10.1. The SMILES string of the molecule is O=C(O)c1ccc(CNCc2ccccc2Cl)cc1.[Cl-]. The Labute approximate surface area is 129 Å². The van der Waals surface area contributed by atoms with Crippen LogP contribution in [0.5, 0.6) is 0 Å². The second-order valence-corrected chi connectivity index (χ2v) is 4.60. The third kappa shape index (κ3) is 4.53. The standard InChI is InChI=1S/C15H14ClNO2.ClH/c16-14-4-2-1-3-13(14)10-17-9-11-5-7-12(8-6-11)15(18)19;/h1-8,17H,9-10H2,(H,18,19);1H/p-1. The Hall–Kier alpha value is -1.55. The number of hydrogen-bond donors (Lipinski definition) is 2. The van der Waals surface area contributed by atoms with Gasteiger partial charge in [-0.1, -0.05) is 41.9 Å². The molecule has 0 fully saturated rings. The number of carbonyl (C=O) groups is 1. The van der Waals surface area contributed by atoms with Gasteiger partial charge < -0.3 is 22.8 Å². The highest BCUT2D eigenvalue weighted by molar-refractivity contribution is 6.31. The summed E-state index contributed by atoms with van der Waals surface area (Å²) in [4.78, 5) is 10.7. The van der Waals surface area contributed by atoms with Gasteiger partial charge in [0.2, 0.25) is 0 Å². The predicted octanol–water partition coefficient (Wildman–Crippen LogP) is 0.332. The van der Waals surface area contributed by atoms with Crippen molar-refractivity contribution in [1.29, 1.82) is 0 Å². The maximum atomic E-state index is 10.7. The van der Waals surface area contributed by atoms with E-state index < -0.39 is 5.97 Å². The van der Waals surface area contributed by atoms with E-state index in [1.165, 1.54) is 0 Å². The van der Waals surface area contributed by atoms with Gasteiger partial charge >= 0.3 is 5.97 Å². The van der Waals surface area contributed by atoms with Gasteiger partial charge in [-0.15, -0.1) is 0 Å². The quantitative estimate of drug-likeness (QED) is 0.837. The topological polar surface area (TPSA) is 49.3 Å². The van der Waals surface area contributed by atoms with Gasteiger partial charge in [0.05, 0.1) is 5.56 Å². The maximum absolute atomic E-state index is 10.7. The van der Waals surface area contributed by atoms with Crippen molar-refractivity contribution in [2.75, 3.05) is 0 Å². The van der Waals surface area contributed by atoms with Crippen molar-refractivity contribution >= 4 is 17.6 Å². The predicted molar refractivity (Wildman–Crippen MR) is 75.4 cm³/mol. The fourth-order valence-corrected chi connectivity index (χ4v) is 1.95. The smallest absolute Gasteiger partial charge is 0.335 e. The zero-order valence-electron chi connectivity index (χ0n) is 10.6. The number of rotatable bonds is 5. The van der Waals surface area contributed by atoms with Crippen molar-refractivity contribution in [3.8, 4) is 0 Å². The molecule has 0 unspecified atom stereocenters. The Morgan fingerprint density at radius 1 is 1.05 bits per heavy atom. The molecule has 2 rings (SSSR count). The highest BCUT2D eigenvalue weighted by atomic mass is 35.5. The van der Waals surface area contributed by atoms with Crippen molar-refractivity contribution in [3.05, 3.63) is 70.2 Å². The molecule has 0 heterocycles. The highest BCUT2D eigenvalue weighted by Crippen LogP contribution is 2.14. The van der Waals surface area contributed by atoms with Crippen LogP contribution in [0.3, 0.4) is 0 Å². The van der Waals surface area contributed by atoms with Gasteiger partial charge in [0.1, 0.15) is 0 Å². The van der Waals surface area contributed by atoms with Crippen LogP contribution in [0.25, 0.3) is 0 Å². The normalized spacial score (nSPS) is 9.85. The van der Waals surface area contributed by atoms with E-state index in [0.29, 0.717) is 18.7 Å². The molecule has 2 aromatic rings. The van der Waals surface area contributed by atoms with Crippen LogP contribution in [0.15, 0.2) is 48.5 Å². The van der Waals surface area contributed by atoms with Gasteiger partial charge in [-0.2, -0.15) is 0 Å². The molecule has 0 aliphatic carbocycles. The lowest BCUT2D eigenvalue weighted by Gasteiger charge is -2.07. The molecule has 2 N–H and O–H groups in total. The molecule has 20 heavy (non-hydrogen) atoms. The molecule has 0 atom stereocenters. The molecule has 0 spiro atoms. The lowest BCUT2D eigenvalue weighted by Crippen LogP contribution is -3.00. The molecule has 0 aliphatic heterocycles. The number of hydrogen-bond acceptors (Lipinski definition) is 2. The number of nitrogens with one attached hydrogen (secondary N) is 1. The van der Waals surface area contributed by atoms with Crippen LogP contribution in [-0.4, -0.2) is 11.1 Å². The first kappa shape index (κ1) is 16.5. The van der Waals surface area contributed by atoms with E-state index in [0.717, 1.165) is 16.1 Å². The molecule has 5 heteroatoms. The molecule has 0 aromatic heterocycles. The van der Waals surface area contributed by atoms with Gasteiger partial charge in [-0.25, -0.2) is 4.79 Å². The molecule has 0 amide bonds. The molecule has 0 saturated heterocycles. The second kappa shape index (κ2) is 7.90. The monoisotopic (exact) mass is 310 g/mol. The van der Waals surface area contributed by atoms with E-state index in [4.69, 9.17) is 16.7 Å². The Balaban J connectivity index is 0.00000200. The summed E-state index contributed by atoms with van der Waals surface area (Å²) in [7, 11) is 0. The van der Waals surface area contributed by atoms with E-state index in [2.05, 4.69) is 5.32 Å². The van der Waals surface area contributed by atoms with Crippen molar-refractivity contribution in [1.82, 2.24) is 5.32 Å². The number of carboxylic acids is 1. The first-order valence-electron chi connectivity index (χ1n) is 5.93. The molecular weight excluding hydrogens is 297 g/mol. The van der Waals surface area contributed by atoms with E-state index >= 15 is 0 Å². The van der Waals surface area contributed by atoms with Crippen LogP contribution in [0.4, 0.5) is 0 Å². The Bertz CT molecular complexity index is 570. The second-order valence-electron chi connectivity index (χ2n) is 4.20. The van der Waals surface area contributed by atoms with Gasteiger partial charge in [-0.05, 0) is 29.3 Å². The molecule has 0 bridgehead atoms. The van der Waals surface area contributed by atoms with Gasteiger partial charge in [0.15, 0.2) is 0 Å². The Morgan fingerprint density at radius 3 is 2.30 bits per heavy atom. The van der Waals surface area contributed by atoms with Crippen LogP contribution in [-0.2, 0) is 13.1 Å². The highest BCUT2D eigenvalue weighted by Gasteiger charge is 2.02. The van der Waals surface area contributed by atoms with Crippen molar-refractivity contribution in [2.45, 2.75) is 13.1 Å². The van der Waals surface area contributed by atoms with Crippen LogP contribution >= 0.6 is 11.6 Å². The summed E-state index contributed by atoms with van der Waals surface area (Å²) < 4.78 is 0. The van der Waals surface area contributed by atoms with E-state index in [1.54, 1.807) is 12.1 Å². The van der Waals surface area contributed by atoms with Crippen LogP contribution in [0, 0.1) is 0 Å². The molecule has 106 valence electrons. The summed E-state index contributed by atoms with van der Waals surface area (Å²) in [6, 6.07) is 14.5. The largest absolute Gasteiger partial charge is 1.00 e.